The zero-order chi connectivity index (χ0) is 14.7. The summed E-state index contributed by atoms with van der Waals surface area (Å²) in [6, 6.07) is 11.1. The number of hydrogen-bond acceptors (Lipinski definition) is 3. The molecule has 0 radical (unpaired) electrons. The van der Waals surface area contributed by atoms with Crippen molar-refractivity contribution in [1.82, 2.24) is 0 Å². The molecule has 0 heterocycles. The van der Waals surface area contributed by atoms with Crippen molar-refractivity contribution in [1.29, 1.82) is 0 Å². The van der Waals surface area contributed by atoms with Gasteiger partial charge in [0.1, 0.15) is 0 Å². The molecule has 0 spiro atoms. The Morgan fingerprint density at radius 1 is 1.20 bits per heavy atom. The van der Waals surface area contributed by atoms with Gasteiger partial charge in [0.25, 0.3) is 5.69 Å². The lowest BCUT2D eigenvalue weighted by Crippen LogP contribution is -2.01. The largest absolute Gasteiger partial charge is 0.380 e. The number of halogens is 2. The first-order valence-corrected chi connectivity index (χ1v) is 7.49. The zero-order valence-corrected chi connectivity index (χ0v) is 13.9. The third-order valence-corrected chi connectivity index (χ3v) is 4.07. The van der Waals surface area contributed by atoms with Gasteiger partial charge in [0, 0.05) is 32.8 Å². The normalized spacial score (nSPS) is 10.3. The summed E-state index contributed by atoms with van der Waals surface area (Å²) in [5.41, 5.74) is 2.62. The Bertz CT molecular complexity index is 660. The van der Waals surface area contributed by atoms with Crippen LogP contribution in [0.3, 0.4) is 0 Å². The fourth-order valence-electron chi connectivity index (χ4n) is 1.79. The highest BCUT2D eigenvalue weighted by Gasteiger charge is 2.11. The van der Waals surface area contributed by atoms with Crippen LogP contribution in [0.25, 0.3) is 0 Å². The van der Waals surface area contributed by atoms with Crippen LogP contribution >= 0.6 is 31.9 Å². The third kappa shape index (κ3) is 3.58. The molecule has 0 aliphatic rings. The van der Waals surface area contributed by atoms with E-state index in [1.54, 1.807) is 19.1 Å². The first kappa shape index (κ1) is 15.0. The number of nitrogens with zero attached hydrogens (tertiary/aromatic N) is 1. The molecule has 0 amide bonds. The summed E-state index contributed by atoms with van der Waals surface area (Å²) in [7, 11) is 0. The minimum absolute atomic E-state index is 0.151. The predicted octanol–water partition coefficient (Wildman–Crippen LogP) is 5.04. The van der Waals surface area contributed by atoms with Gasteiger partial charge in [0.15, 0.2) is 0 Å². The smallest absolute Gasteiger partial charge is 0.272 e. The summed E-state index contributed by atoms with van der Waals surface area (Å²) in [4.78, 5) is 10.6. The van der Waals surface area contributed by atoms with E-state index in [9.17, 15) is 10.1 Å². The monoisotopic (exact) mass is 398 g/mol. The number of anilines is 1. The third-order valence-electron chi connectivity index (χ3n) is 2.88. The standard InChI is InChI=1S/C14H12Br2N2O2/c1-9-2-3-10(6-14(9)18(19)20)8-17-13-7-11(15)4-5-12(13)16/h2-7,17H,8H2,1H3. The average molecular weight is 400 g/mol. The summed E-state index contributed by atoms with van der Waals surface area (Å²) >= 11 is 6.87. The Balaban J connectivity index is 2.17. The maximum Gasteiger partial charge on any atom is 0.272 e. The van der Waals surface area contributed by atoms with Gasteiger partial charge in [-0.15, -0.1) is 0 Å². The lowest BCUT2D eigenvalue weighted by Gasteiger charge is -2.09. The van der Waals surface area contributed by atoms with Gasteiger partial charge in [-0.25, -0.2) is 0 Å². The number of nitro benzene ring substituents is 1. The highest BCUT2D eigenvalue weighted by atomic mass is 79.9. The average Bonchev–Trinajstić information content (AvgIpc) is 2.41. The molecule has 0 saturated carbocycles. The molecule has 2 aromatic carbocycles. The summed E-state index contributed by atoms with van der Waals surface area (Å²) < 4.78 is 1.92. The molecule has 20 heavy (non-hydrogen) atoms. The van der Waals surface area contributed by atoms with E-state index >= 15 is 0 Å². The predicted molar refractivity (Wildman–Crippen MR) is 87.0 cm³/mol. The van der Waals surface area contributed by atoms with Gasteiger partial charge in [0.2, 0.25) is 0 Å². The van der Waals surface area contributed by atoms with E-state index in [2.05, 4.69) is 37.2 Å². The van der Waals surface area contributed by atoms with Crippen molar-refractivity contribution < 1.29 is 4.92 Å². The highest BCUT2D eigenvalue weighted by Crippen LogP contribution is 2.27. The second kappa shape index (κ2) is 6.37. The van der Waals surface area contributed by atoms with Gasteiger partial charge < -0.3 is 5.32 Å². The van der Waals surface area contributed by atoms with Crippen molar-refractivity contribution >= 4 is 43.2 Å². The molecular formula is C14H12Br2N2O2. The molecule has 0 aliphatic carbocycles. The molecule has 2 aromatic rings. The minimum atomic E-state index is -0.353. The number of nitrogens with one attached hydrogen (secondary N) is 1. The van der Waals surface area contributed by atoms with E-state index in [0.717, 1.165) is 20.2 Å². The van der Waals surface area contributed by atoms with Crippen LogP contribution in [0.1, 0.15) is 11.1 Å². The summed E-state index contributed by atoms with van der Waals surface area (Å²) in [5, 5.41) is 14.2. The molecule has 0 saturated heterocycles. The maximum absolute atomic E-state index is 10.9. The molecule has 0 aliphatic heterocycles. The quantitative estimate of drug-likeness (QED) is 0.578. The molecule has 4 nitrogen and oxygen atoms in total. The van der Waals surface area contributed by atoms with Gasteiger partial charge >= 0.3 is 0 Å². The highest BCUT2D eigenvalue weighted by molar-refractivity contribution is 9.11. The minimum Gasteiger partial charge on any atom is -0.380 e. The Kier molecular flexibility index (Phi) is 4.77. The maximum atomic E-state index is 10.9. The van der Waals surface area contributed by atoms with Crippen LogP contribution in [0.4, 0.5) is 11.4 Å². The fourth-order valence-corrected chi connectivity index (χ4v) is 2.54. The van der Waals surface area contributed by atoms with Crippen LogP contribution < -0.4 is 5.32 Å². The summed E-state index contributed by atoms with van der Waals surface area (Å²) in [6.45, 7) is 2.26. The van der Waals surface area contributed by atoms with Crippen molar-refractivity contribution in [2.45, 2.75) is 13.5 Å². The molecule has 0 atom stereocenters. The molecule has 104 valence electrons. The molecule has 0 aromatic heterocycles. The Labute approximate surface area is 133 Å². The number of benzene rings is 2. The molecule has 6 heteroatoms. The van der Waals surface area contributed by atoms with Crippen molar-refractivity contribution in [3.8, 4) is 0 Å². The lowest BCUT2D eigenvalue weighted by molar-refractivity contribution is -0.385. The van der Waals surface area contributed by atoms with Crippen molar-refractivity contribution in [2.24, 2.45) is 0 Å². The molecule has 2 rings (SSSR count). The number of nitro groups is 1. The van der Waals surface area contributed by atoms with E-state index in [-0.39, 0.29) is 10.6 Å². The van der Waals surface area contributed by atoms with Crippen LogP contribution in [0.15, 0.2) is 45.3 Å². The van der Waals surface area contributed by atoms with Crippen molar-refractivity contribution in [3.05, 3.63) is 66.6 Å². The van der Waals surface area contributed by atoms with Gasteiger partial charge in [-0.1, -0.05) is 28.1 Å². The summed E-state index contributed by atoms with van der Waals surface area (Å²) in [5.74, 6) is 0. The van der Waals surface area contributed by atoms with Gasteiger partial charge in [-0.2, -0.15) is 0 Å². The van der Waals surface area contributed by atoms with E-state index in [4.69, 9.17) is 0 Å². The first-order valence-electron chi connectivity index (χ1n) is 5.90. The van der Waals surface area contributed by atoms with Crippen LogP contribution in [0.2, 0.25) is 0 Å². The number of rotatable bonds is 4. The zero-order valence-electron chi connectivity index (χ0n) is 10.7. The summed E-state index contributed by atoms with van der Waals surface area (Å²) in [6.07, 6.45) is 0. The Hall–Kier alpha value is -1.40. The second-order valence-corrected chi connectivity index (χ2v) is 6.13. The molecule has 0 unspecified atom stereocenters. The molecule has 0 bridgehead atoms. The lowest BCUT2D eigenvalue weighted by atomic mass is 10.1. The topological polar surface area (TPSA) is 55.2 Å². The molecule has 1 N–H and O–H groups in total. The van der Waals surface area contributed by atoms with E-state index in [0.29, 0.717) is 12.1 Å². The Morgan fingerprint density at radius 3 is 2.65 bits per heavy atom. The molecular weight excluding hydrogens is 388 g/mol. The SMILES string of the molecule is Cc1ccc(CNc2cc(Br)ccc2Br)cc1[N+](=O)[O-]. The fraction of sp³-hybridized carbons (Fsp3) is 0.143. The van der Waals surface area contributed by atoms with E-state index < -0.39 is 0 Å². The second-order valence-electron chi connectivity index (χ2n) is 4.36. The number of aryl methyl sites for hydroxylation is 1. The van der Waals surface area contributed by atoms with Crippen LogP contribution in [0, 0.1) is 17.0 Å². The van der Waals surface area contributed by atoms with E-state index in [1.807, 2.05) is 24.3 Å². The first-order chi connectivity index (χ1) is 9.47. The van der Waals surface area contributed by atoms with Gasteiger partial charge in [0.05, 0.1) is 4.92 Å². The van der Waals surface area contributed by atoms with E-state index in [1.165, 1.54) is 0 Å². The van der Waals surface area contributed by atoms with Crippen molar-refractivity contribution in [2.75, 3.05) is 5.32 Å². The Morgan fingerprint density at radius 2 is 1.95 bits per heavy atom. The van der Waals surface area contributed by atoms with Crippen LogP contribution in [-0.2, 0) is 6.54 Å². The van der Waals surface area contributed by atoms with Crippen molar-refractivity contribution in [3.63, 3.8) is 0 Å². The molecule has 0 fully saturated rings. The van der Waals surface area contributed by atoms with Gasteiger partial charge in [-0.3, -0.25) is 10.1 Å². The van der Waals surface area contributed by atoms with Crippen LogP contribution in [0.5, 0.6) is 0 Å². The van der Waals surface area contributed by atoms with Crippen LogP contribution in [-0.4, -0.2) is 4.92 Å². The number of hydrogen-bond donors (Lipinski definition) is 1. The van der Waals surface area contributed by atoms with Gasteiger partial charge in [-0.05, 0) is 46.6 Å².